The monoisotopic (exact) mass is 628 g/mol. The number of aromatic nitrogens is 1. The Labute approximate surface area is 261 Å². The van der Waals surface area contributed by atoms with E-state index in [-0.39, 0.29) is 28.7 Å². The molecule has 0 spiro atoms. The number of hydrogen-bond acceptors (Lipinski definition) is 8. The molecule has 8 bridgehead atoms. The first-order chi connectivity index (χ1) is 21.8. The van der Waals surface area contributed by atoms with E-state index in [2.05, 4.69) is 15.6 Å². The van der Waals surface area contributed by atoms with Crippen molar-refractivity contribution in [1.82, 2.24) is 19.9 Å². The average molecular weight is 629 g/mol. The molecule has 1 aromatic heterocycles. The van der Waals surface area contributed by atoms with E-state index in [9.17, 15) is 18.0 Å². The van der Waals surface area contributed by atoms with Crippen LogP contribution in [-0.4, -0.2) is 63.4 Å². The molecule has 12 heteroatoms. The lowest BCUT2D eigenvalue weighted by Crippen LogP contribution is -2.40. The first kappa shape index (κ1) is 30.1. The van der Waals surface area contributed by atoms with Gasteiger partial charge in [0, 0.05) is 26.3 Å². The third-order valence-electron chi connectivity index (χ3n) is 7.81. The number of carbonyl (C=O) groups is 2. The van der Waals surface area contributed by atoms with Crippen molar-refractivity contribution in [3.05, 3.63) is 107 Å². The molecule has 45 heavy (non-hydrogen) atoms. The highest BCUT2D eigenvalue weighted by Crippen LogP contribution is 2.41. The highest BCUT2D eigenvalue weighted by atomic mass is 32.2. The number of hydrogen-bond donors (Lipinski definition) is 2. The molecule has 4 heterocycles. The lowest BCUT2D eigenvalue weighted by atomic mass is 9.89. The standard InChI is InChI=1S/C33H32N4O7S/c1-34-33(39)29-18-27(8-10-30(29)42-2)45(40,41)37-13-11-21-15-25-7-9-28(21)31(37)22-5-3-6-24(16-22)43-14-4-12-36-32(38)23-17-26(44-25)20-35-19-23/h3,5-10,15-20,31H,4,11-14H2,1-2H3,(H,34,39)(H,36,38). The third-order valence-corrected chi connectivity index (χ3v) is 9.67. The number of ether oxygens (including phenoxy) is 3. The Morgan fingerprint density at radius 2 is 1.91 bits per heavy atom. The molecule has 0 saturated carbocycles. The van der Waals surface area contributed by atoms with Crippen LogP contribution in [0.15, 0.2) is 84.0 Å². The van der Waals surface area contributed by atoms with Gasteiger partial charge in [0.1, 0.15) is 23.0 Å². The molecule has 0 aliphatic carbocycles. The molecule has 4 aromatic rings. The Morgan fingerprint density at radius 3 is 2.73 bits per heavy atom. The maximum absolute atomic E-state index is 14.4. The number of nitrogens with one attached hydrogen (secondary N) is 2. The van der Waals surface area contributed by atoms with E-state index in [4.69, 9.17) is 14.2 Å². The maximum atomic E-state index is 14.4. The van der Waals surface area contributed by atoms with E-state index < -0.39 is 22.0 Å². The van der Waals surface area contributed by atoms with Gasteiger partial charge in [-0.25, -0.2) is 8.42 Å². The van der Waals surface area contributed by atoms with Crippen molar-refractivity contribution in [2.24, 2.45) is 0 Å². The fraction of sp³-hybridized carbons (Fsp3) is 0.242. The quantitative estimate of drug-likeness (QED) is 0.345. The highest BCUT2D eigenvalue weighted by molar-refractivity contribution is 7.89. The summed E-state index contributed by atoms with van der Waals surface area (Å²) in [7, 11) is -1.21. The number of sulfonamides is 1. The molecule has 1 atom stereocenters. The van der Waals surface area contributed by atoms with Gasteiger partial charge in [-0.3, -0.25) is 14.6 Å². The van der Waals surface area contributed by atoms with Crippen molar-refractivity contribution < 1.29 is 32.2 Å². The van der Waals surface area contributed by atoms with E-state index in [0.29, 0.717) is 48.8 Å². The molecular weight excluding hydrogens is 596 g/mol. The van der Waals surface area contributed by atoms with Gasteiger partial charge in [-0.1, -0.05) is 18.2 Å². The molecule has 7 rings (SSSR count). The largest absolute Gasteiger partial charge is 0.496 e. The summed E-state index contributed by atoms with van der Waals surface area (Å²) in [6, 6.07) is 18.1. The van der Waals surface area contributed by atoms with E-state index in [1.54, 1.807) is 12.1 Å². The number of methoxy groups -OCH3 is 1. The van der Waals surface area contributed by atoms with E-state index in [1.165, 1.54) is 49.1 Å². The molecule has 0 radical (unpaired) electrons. The first-order valence-electron chi connectivity index (χ1n) is 14.5. The molecule has 3 aromatic carbocycles. The van der Waals surface area contributed by atoms with E-state index in [1.807, 2.05) is 36.4 Å². The number of rotatable bonds is 4. The van der Waals surface area contributed by atoms with Gasteiger partial charge in [0.15, 0.2) is 0 Å². The van der Waals surface area contributed by atoms with E-state index >= 15 is 0 Å². The molecular formula is C33H32N4O7S. The molecule has 0 saturated heterocycles. The lowest BCUT2D eigenvalue weighted by molar-refractivity contribution is 0.0946. The summed E-state index contributed by atoms with van der Waals surface area (Å²) >= 11 is 0. The molecule has 11 nitrogen and oxygen atoms in total. The van der Waals surface area contributed by atoms with Gasteiger partial charge in [0.2, 0.25) is 10.0 Å². The molecule has 2 N–H and O–H groups in total. The van der Waals surface area contributed by atoms with Crippen LogP contribution < -0.4 is 24.8 Å². The minimum Gasteiger partial charge on any atom is -0.496 e. The van der Waals surface area contributed by atoms with Crippen LogP contribution in [0.1, 0.15) is 49.9 Å². The van der Waals surface area contributed by atoms with Crippen LogP contribution in [0.2, 0.25) is 0 Å². The Balaban J connectivity index is 1.45. The summed E-state index contributed by atoms with van der Waals surface area (Å²) in [5.74, 6) is 1.07. The number of fused-ring (bicyclic) bond motifs is 6. The average Bonchev–Trinajstić information content (AvgIpc) is 3.06. The van der Waals surface area contributed by atoms with Crippen LogP contribution >= 0.6 is 0 Å². The number of amides is 2. The maximum Gasteiger partial charge on any atom is 0.254 e. The zero-order chi connectivity index (χ0) is 31.6. The summed E-state index contributed by atoms with van der Waals surface area (Å²) in [5, 5.41) is 5.41. The number of carbonyl (C=O) groups excluding carboxylic acids is 2. The van der Waals surface area contributed by atoms with Crippen molar-refractivity contribution in [1.29, 1.82) is 0 Å². The highest BCUT2D eigenvalue weighted by Gasteiger charge is 2.38. The van der Waals surface area contributed by atoms with Crippen LogP contribution in [0.5, 0.6) is 23.0 Å². The third kappa shape index (κ3) is 6.06. The minimum atomic E-state index is -4.11. The van der Waals surface area contributed by atoms with Crippen LogP contribution in [0.25, 0.3) is 0 Å². The minimum absolute atomic E-state index is 0.0217. The Morgan fingerprint density at radius 1 is 1.04 bits per heavy atom. The second kappa shape index (κ2) is 12.6. The van der Waals surface area contributed by atoms with Gasteiger partial charge in [0.25, 0.3) is 11.8 Å². The summed E-state index contributed by atoms with van der Waals surface area (Å²) in [6.07, 6.45) is 3.99. The fourth-order valence-corrected chi connectivity index (χ4v) is 7.24. The van der Waals surface area contributed by atoms with Crippen molar-refractivity contribution in [2.75, 3.05) is 33.9 Å². The first-order valence-corrected chi connectivity index (χ1v) is 15.9. The Bertz CT molecular complexity index is 1880. The van der Waals surface area contributed by atoms with Gasteiger partial charge in [-0.2, -0.15) is 4.31 Å². The second-order valence-electron chi connectivity index (χ2n) is 10.6. The summed E-state index contributed by atoms with van der Waals surface area (Å²) in [5.41, 5.74) is 2.92. The lowest BCUT2D eigenvalue weighted by Gasteiger charge is -2.37. The van der Waals surface area contributed by atoms with Crippen molar-refractivity contribution in [3.8, 4) is 23.0 Å². The number of pyridine rings is 1. The van der Waals surface area contributed by atoms with Gasteiger partial charge < -0.3 is 24.8 Å². The molecule has 1 unspecified atom stereocenters. The zero-order valence-corrected chi connectivity index (χ0v) is 25.6. The fourth-order valence-electron chi connectivity index (χ4n) is 5.62. The van der Waals surface area contributed by atoms with Crippen molar-refractivity contribution in [2.45, 2.75) is 23.8 Å². The topological polar surface area (TPSA) is 136 Å². The van der Waals surface area contributed by atoms with Crippen LogP contribution in [-0.2, 0) is 16.4 Å². The Hall–Kier alpha value is -4.94. The normalized spacial score (nSPS) is 16.8. The molecule has 2 amide bonds. The summed E-state index contributed by atoms with van der Waals surface area (Å²) in [4.78, 5) is 29.4. The summed E-state index contributed by atoms with van der Waals surface area (Å²) < 4.78 is 47.6. The zero-order valence-electron chi connectivity index (χ0n) is 24.8. The predicted molar refractivity (Wildman–Crippen MR) is 165 cm³/mol. The predicted octanol–water partition coefficient (Wildman–Crippen LogP) is 4.09. The second-order valence-corrected chi connectivity index (χ2v) is 12.5. The SMILES string of the molecule is CNC(=O)c1cc(S(=O)(=O)N2CCc3cc4ccc3C2c2cccc(c2)OCCCNC(=O)c2cncc(c2)O4)ccc1OC. The van der Waals surface area contributed by atoms with Crippen molar-refractivity contribution in [3.63, 3.8) is 0 Å². The summed E-state index contributed by atoms with van der Waals surface area (Å²) in [6.45, 7) is 0.904. The van der Waals surface area contributed by atoms with Crippen LogP contribution in [0.3, 0.4) is 0 Å². The van der Waals surface area contributed by atoms with Gasteiger partial charge in [-0.05, 0) is 78.1 Å². The molecule has 232 valence electrons. The molecule has 3 aliphatic rings. The van der Waals surface area contributed by atoms with Gasteiger partial charge in [-0.15, -0.1) is 0 Å². The molecule has 3 aliphatic heterocycles. The van der Waals surface area contributed by atoms with Gasteiger partial charge >= 0.3 is 0 Å². The Kier molecular flexibility index (Phi) is 8.42. The number of benzene rings is 3. The van der Waals surface area contributed by atoms with Crippen LogP contribution in [0, 0.1) is 0 Å². The number of nitrogens with zero attached hydrogens (tertiary/aromatic N) is 2. The smallest absolute Gasteiger partial charge is 0.254 e. The van der Waals surface area contributed by atoms with Crippen molar-refractivity contribution >= 4 is 21.8 Å². The van der Waals surface area contributed by atoms with Gasteiger partial charge in [0.05, 0.1) is 42.0 Å². The van der Waals surface area contributed by atoms with E-state index in [0.717, 1.165) is 16.7 Å². The van der Waals surface area contributed by atoms with Crippen LogP contribution in [0.4, 0.5) is 0 Å². The molecule has 0 fully saturated rings.